The molecule has 0 radical (unpaired) electrons. The third kappa shape index (κ3) is 3.81. The Kier molecular flexibility index (Phi) is 5.07. The molecule has 1 aromatic heterocycles. The predicted molar refractivity (Wildman–Crippen MR) is 111 cm³/mol. The summed E-state index contributed by atoms with van der Waals surface area (Å²) in [5, 5.41) is 1.62. The molecule has 0 saturated carbocycles. The molecule has 1 aliphatic heterocycles. The van der Waals surface area contributed by atoms with E-state index in [9.17, 15) is 4.79 Å². The second kappa shape index (κ2) is 7.64. The number of piperazine rings is 1. The molecular formula is C22H26N4O. The highest BCUT2D eigenvalue weighted by Crippen LogP contribution is 2.23. The molecule has 5 nitrogen and oxygen atoms in total. The number of hydrogen-bond donors (Lipinski definition) is 2. The van der Waals surface area contributed by atoms with Crippen LogP contribution in [0.15, 0.2) is 53.3 Å². The molecule has 4 rings (SSSR count). The summed E-state index contributed by atoms with van der Waals surface area (Å²) < 4.78 is 0. The summed E-state index contributed by atoms with van der Waals surface area (Å²) >= 11 is 0. The SMILES string of the molecule is CN1CCN(Cc2ccc(-c3cc4c(CN)cccc4c(=O)[nH]3)cc2)CC1. The van der Waals surface area contributed by atoms with Crippen LogP contribution < -0.4 is 11.3 Å². The number of nitrogens with two attached hydrogens (primary N) is 1. The molecule has 0 atom stereocenters. The maximum Gasteiger partial charge on any atom is 0.256 e. The van der Waals surface area contributed by atoms with Crippen molar-refractivity contribution in [3.63, 3.8) is 0 Å². The molecule has 3 N–H and O–H groups in total. The van der Waals surface area contributed by atoms with Crippen LogP contribution in [0.25, 0.3) is 22.0 Å². The van der Waals surface area contributed by atoms with Gasteiger partial charge in [0.1, 0.15) is 0 Å². The van der Waals surface area contributed by atoms with Crippen LogP contribution in [0.2, 0.25) is 0 Å². The lowest BCUT2D eigenvalue weighted by molar-refractivity contribution is 0.148. The topological polar surface area (TPSA) is 65.4 Å². The van der Waals surface area contributed by atoms with Gasteiger partial charge in [0.2, 0.25) is 0 Å². The largest absolute Gasteiger partial charge is 0.326 e. The monoisotopic (exact) mass is 362 g/mol. The van der Waals surface area contributed by atoms with E-state index in [2.05, 4.69) is 46.1 Å². The van der Waals surface area contributed by atoms with E-state index in [-0.39, 0.29) is 5.56 Å². The van der Waals surface area contributed by atoms with Gasteiger partial charge in [0, 0.05) is 50.3 Å². The number of nitrogens with zero attached hydrogens (tertiary/aromatic N) is 2. The van der Waals surface area contributed by atoms with Crippen molar-refractivity contribution in [2.75, 3.05) is 33.2 Å². The number of benzene rings is 2. The average Bonchev–Trinajstić information content (AvgIpc) is 2.70. The smallest absolute Gasteiger partial charge is 0.256 e. The fourth-order valence-electron chi connectivity index (χ4n) is 3.74. The van der Waals surface area contributed by atoms with Gasteiger partial charge >= 0.3 is 0 Å². The van der Waals surface area contributed by atoms with Gasteiger partial charge in [0.15, 0.2) is 0 Å². The maximum atomic E-state index is 12.5. The number of aromatic amines is 1. The maximum absolute atomic E-state index is 12.5. The highest BCUT2D eigenvalue weighted by atomic mass is 16.1. The lowest BCUT2D eigenvalue weighted by atomic mass is 10.0. The highest BCUT2D eigenvalue weighted by Gasteiger charge is 2.14. The van der Waals surface area contributed by atoms with E-state index in [1.54, 1.807) is 0 Å². The molecular weight excluding hydrogens is 336 g/mol. The molecule has 27 heavy (non-hydrogen) atoms. The Morgan fingerprint density at radius 1 is 1.00 bits per heavy atom. The van der Waals surface area contributed by atoms with Crippen molar-refractivity contribution in [3.8, 4) is 11.3 Å². The van der Waals surface area contributed by atoms with Crippen LogP contribution >= 0.6 is 0 Å². The van der Waals surface area contributed by atoms with E-state index in [4.69, 9.17) is 5.73 Å². The van der Waals surface area contributed by atoms with E-state index in [0.29, 0.717) is 11.9 Å². The van der Waals surface area contributed by atoms with Gasteiger partial charge in [0.25, 0.3) is 5.56 Å². The predicted octanol–water partition coefficient (Wildman–Crippen LogP) is 2.40. The summed E-state index contributed by atoms with van der Waals surface area (Å²) in [4.78, 5) is 20.4. The minimum Gasteiger partial charge on any atom is -0.326 e. The molecule has 140 valence electrons. The zero-order chi connectivity index (χ0) is 18.8. The Hall–Kier alpha value is -2.47. The van der Waals surface area contributed by atoms with Crippen LogP contribution in [-0.2, 0) is 13.1 Å². The van der Waals surface area contributed by atoms with Crippen molar-refractivity contribution in [1.82, 2.24) is 14.8 Å². The summed E-state index contributed by atoms with van der Waals surface area (Å²) in [6.45, 7) is 5.86. The number of hydrogen-bond acceptors (Lipinski definition) is 4. The number of rotatable bonds is 4. The van der Waals surface area contributed by atoms with Crippen LogP contribution in [0.3, 0.4) is 0 Å². The normalized spacial score (nSPS) is 16.1. The standard InChI is InChI=1S/C22H26N4O/c1-25-9-11-26(12-10-25)15-16-5-7-17(8-6-16)21-13-20-18(14-23)3-2-4-19(20)22(27)24-21/h2-8,13H,9-12,14-15,23H2,1H3,(H,24,27). The Labute approximate surface area is 159 Å². The van der Waals surface area contributed by atoms with Crippen LogP contribution in [0.4, 0.5) is 0 Å². The van der Waals surface area contributed by atoms with E-state index >= 15 is 0 Å². The second-order valence-electron chi connectivity index (χ2n) is 7.37. The minimum atomic E-state index is -0.0701. The lowest BCUT2D eigenvalue weighted by Crippen LogP contribution is -2.43. The van der Waals surface area contributed by atoms with E-state index < -0.39 is 0 Å². The first-order valence-corrected chi connectivity index (χ1v) is 9.49. The number of likely N-dealkylation sites (N-methyl/N-ethyl adjacent to an activating group) is 1. The van der Waals surface area contributed by atoms with Crippen LogP contribution in [0.5, 0.6) is 0 Å². The number of H-pyrrole nitrogens is 1. The number of fused-ring (bicyclic) bond motifs is 1. The number of nitrogens with one attached hydrogen (secondary N) is 1. The number of aromatic nitrogens is 1. The summed E-state index contributed by atoms with van der Waals surface area (Å²) in [7, 11) is 2.17. The zero-order valence-corrected chi connectivity index (χ0v) is 15.7. The van der Waals surface area contributed by atoms with Gasteiger partial charge in [-0.25, -0.2) is 0 Å². The van der Waals surface area contributed by atoms with Crippen molar-refractivity contribution in [3.05, 3.63) is 70.0 Å². The van der Waals surface area contributed by atoms with Crippen LogP contribution in [0.1, 0.15) is 11.1 Å². The van der Waals surface area contributed by atoms with Crippen molar-refractivity contribution < 1.29 is 0 Å². The molecule has 5 heteroatoms. The summed E-state index contributed by atoms with van der Waals surface area (Å²) in [5.41, 5.74) is 9.92. The molecule has 1 saturated heterocycles. The first-order chi connectivity index (χ1) is 13.1. The zero-order valence-electron chi connectivity index (χ0n) is 15.7. The Morgan fingerprint density at radius 3 is 2.44 bits per heavy atom. The van der Waals surface area contributed by atoms with Crippen molar-refractivity contribution >= 4 is 10.8 Å². The van der Waals surface area contributed by atoms with Gasteiger partial charge in [-0.1, -0.05) is 36.4 Å². The lowest BCUT2D eigenvalue weighted by Gasteiger charge is -2.32. The van der Waals surface area contributed by atoms with Gasteiger partial charge < -0.3 is 15.6 Å². The minimum absolute atomic E-state index is 0.0701. The third-order valence-electron chi connectivity index (χ3n) is 5.46. The quantitative estimate of drug-likeness (QED) is 0.748. The van der Waals surface area contributed by atoms with Crippen molar-refractivity contribution in [1.29, 1.82) is 0 Å². The molecule has 3 aromatic rings. The highest BCUT2D eigenvalue weighted by molar-refractivity contribution is 5.88. The van der Waals surface area contributed by atoms with Crippen molar-refractivity contribution in [2.24, 2.45) is 5.73 Å². The van der Waals surface area contributed by atoms with Gasteiger partial charge in [0.05, 0.1) is 0 Å². The summed E-state index contributed by atoms with van der Waals surface area (Å²) in [6, 6.07) is 16.2. The molecule has 2 heterocycles. The second-order valence-corrected chi connectivity index (χ2v) is 7.37. The third-order valence-corrected chi connectivity index (χ3v) is 5.46. The molecule has 1 fully saturated rings. The first kappa shape index (κ1) is 17.9. The van der Waals surface area contributed by atoms with Gasteiger partial charge in [-0.15, -0.1) is 0 Å². The van der Waals surface area contributed by atoms with Gasteiger partial charge in [-0.3, -0.25) is 9.69 Å². The van der Waals surface area contributed by atoms with E-state index in [0.717, 1.165) is 54.9 Å². The molecule has 0 aliphatic carbocycles. The van der Waals surface area contributed by atoms with Gasteiger partial charge in [-0.05, 0) is 41.3 Å². The Bertz CT molecular complexity index is 985. The Morgan fingerprint density at radius 2 is 1.74 bits per heavy atom. The van der Waals surface area contributed by atoms with Crippen molar-refractivity contribution in [2.45, 2.75) is 13.1 Å². The summed E-state index contributed by atoms with van der Waals surface area (Å²) in [6.07, 6.45) is 0. The van der Waals surface area contributed by atoms with Crippen LogP contribution in [0, 0.1) is 0 Å². The fraction of sp³-hybridized carbons (Fsp3) is 0.318. The van der Waals surface area contributed by atoms with Gasteiger partial charge in [-0.2, -0.15) is 0 Å². The Balaban J connectivity index is 1.59. The molecule has 1 aliphatic rings. The van der Waals surface area contributed by atoms with E-state index in [1.807, 2.05) is 24.3 Å². The number of pyridine rings is 1. The van der Waals surface area contributed by atoms with Crippen LogP contribution in [-0.4, -0.2) is 48.0 Å². The average molecular weight is 362 g/mol. The molecule has 0 amide bonds. The first-order valence-electron chi connectivity index (χ1n) is 9.49. The molecule has 0 bridgehead atoms. The molecule has 0 unspecified atom stereocenters. The molecule has 2 aromatic carbocycles. The van der Waals surface area contributed by atoms with E-state index in [1.165, 1.54) is 5.56 Å². The summed E-state index contributed by atoms with van der Waals surface area (Å²) in [5.74, 6) is 0. The fourth-order valence-corrected chi connectivity index (χ4v) is 3.74. The molecule has 0 spiro atoms.